The van der Waals surface area contributed by atoms with E-state index in [4.69, 9.17) is 23.2 Å². The van der Waals surface area contributed by atoms with Crippen LogP contribution in [-0.2, 0) is 11.3 Å². The zero-order valence-electron chi connectivity index (χ0n) is 9.59. The van der Waals surface area contributed by atoms with Crippen LogP contribution in [0.5, 0.6) is 0 Å². The summed E-state index contributed by atoms with van der Waals surface area (Å²) in [5, 5.41) is 1.10. The molecule has 0 aromatic heterocycles. The van der Waals surface area contributed by atoms with E-state index in [0.29, 0.717) is 23.0 Å². The highest BCUT2D eigenvalue weighted by molar-refractivity contribution is 6.42. The highest BCUT2D eigenvalue weighted by Crippen LogP contribution is 2.24. The van der Waals surface area contributed by atoms with Gasteiger partial charge in [0.2, 0.25) is 5.91 Å². The fourth-order valence-electron chi connectivity index (χ4n) is 2.06. The van der Waals surface area contributed by atoms with Crippen LogP contribution in [0.15, 0.2) is 18.2 Å². The van der Waals surface area contributed by atoms with Crippen molar-refractivity contribution in [1.29, 1.82) is 0 Å². The van der Waals surface area contributed by atoms with Gasteiger partial charge in [0.05, 0.1) is 10.0 Å². The lowest BCUT2D eigenvalue weighted by molar-refractivity contribution is -0.131. The maximum atomic E-state index is 11.8. The summed E-state index contributed by atoms with van der Waals surface area (Å²) in [6.45, 7) is 1.48. The predicted octanol–water partition coefficient (Wildman–Crippen LogP) is 3.90. The van der Waals surface area contributed by atoms with E-state index in [0.717, 1.165) is 31.4 Å². The molecular formula is C13H15Cl2NO. The summed E-state index contributed by atoms with van der Waals surface area (Å²) in [6, 6.07) is 5.54. The third-order valence-electron chi connectivity index (χ3n) is 3.03. The molecule has 1 aliphatic heterocycles. The van der Waals surface area contributed by atoms with Crippen molar-refractivity contribution in [2.45, 2.75) is 32.2 Å². The summed E-state index contributed by atoms with van der Waals surface area (Å²) >= 11 is 11.8. The summed E-state index contributed by atoms with van der Waals surface area (Å²) in [5.41, 5.74) is 1.04. The standard InChI is InChI=1S/C13H15Cl2NO/c14-11-6-5-10(8-12(11)15)9-16-7-3-1-2-4-13(16)17/h5-6,8H,1-4,7,9H2. The fourth-order valence-corrected chi connectivity index (χ4v) is 2.38. The molecular weight excluding hydrogens is 257 g/mol. The van der Waals surface area contributed by atoms with Gasteiger partial charge in [-0.2, -0.15) is 0 Å². The van der Waals surface area contributed by atoms with Crippen LogP contribution in [-0.4, -0.2) is 17.4 Å². The van der Waals surface area contributed by atoms with Crippen LogP contribution in [0.25, 0.3) is 0 Å². The molecule has 1 aromatic carbocycles. The van der Waals surface area contributed by atoms with Crippen molar-refractivity contribution < 1.29 is 4.79 Å². The number of hydrogen-bond acceptors (Lipinski definition) is 1. The van der Waals surface area contributed by atoms with E-state index in [-0.39, 0.29) is 5.91 Å². The molecule has 0 atom stereocenters. The van der Waals surface area contributed by atoms with Gasteiger partial charge < -0.3 is 4.90 Å². The van der Waals surface area contributed by atoms with E-state index in [9.17, 15) is 4.79 Å². The summed E-state index contributed by atoms with van der Waals surface area (Å²) in [6.07, 6.45) is 3.91. The number of halogens is 2. The number of amides is 1. The van der Waals surface area contributed by atoms with Crippen LogP contribution in [0.1, 0.15) is 31.2 Å². The quantitative estimate of drug-likeness (QED) is 0.799. The number of nitrogens with zero attached hydrogens (tertiary/aromatic N) is 1. The average Bonchev–Trinajstić information content (AvgIpc) is 2.50. The first-order valence-electron chi connectivity index (χ1n) is 5.88. The van der Waals surface area contributed by atoms with E-state index < -0.39 is 0 Å². The van der Waals surface area contributed by atoms with Crippen LogP contribution >= 0.6 is 23.2 Å². The summed E-state index contributed by atoms with van der Waals surface area (Å²) < 4.78 is 0. The van der Waals surface area contributed by atoms with Crippen molar-refractivity contribution in [2.75, 3.05) is 6.54 Å². The van der Waals surface area contributed by atoms with Gasteiger partial charge in [-0.25, -0.2) is 0 Å². The van der Waals surface area contributed by atoms with Gasteiger partial charge >= 0.3 is 0 Å². The lowest BCUT2D eigenvalue weighted by atomic mass is 10.2. The average molecular weight is 272 g/mol. The number of rotatable bonds is 2. The van der Waals surface area contributed by atoms with Gasteiger partial charge in [-0.05, 0) is 30.5 Å². The topological polar surface area (TPSA) is 20.3 Å². The van der Waals surface area contributed by atoms with Gasteiger partial charge in [-0.15, -0.1) is 0 Å². The summed E-state index contributed by atoms with van der Waals surface area (Å²) in [5.74, 6) is 0.244. The Bertz CT molecular complexity index is 420. The molecule has 2 nitrogen and oxygen atoms in total. The van der Waals surface area contributed by atoms with Gasteiger partial charge in [0.1, 0.15) is 0 Å². The third kappa shape index (κ3) is 3.36. The Morgan fingerprint density at radius 2 is 1.94 bits per heavy atom. The maximum Gasteiger partial charge on any atom is 0.222 e. The van der Waals surface area contributed by atoms with Crippen LogP contribution in [0.4, 0.5) is 0 Å². The molecule has 1 fully saturated rings. The maximum absolute atomic E-state index is 11.8. The highest BCUT2D eigenvalue weighted by Gasteiger charge is 2.16. The Labute approximate surface area is 112 Å². The van der Waals surface area contributed by atoms with E-state index >= 15 is 0 Å². The van der Waals surface area contributed by atoms with Crippen LogP contribution in [0.2, 0.25) is 10.0 Å². The lowest BCUT2D eigenvalue weighted by Gasteiger charge is -2.20. The molecule has 0 bridgehead atoms. The Morgan fingerprint density at radius 1 is 1.12 bits per heavy atom. The number of hydrogen-bond donors (Lipinski definition) is 0. The van der Waals surface area contributed by atoms with Crippen molar-refractivity contribution in [3.05, 3.63) is 33.8 Å². The van der Waals surface area contributed by atoms with Crippen molar-refractivity contribution >= 4 is 29.1 Å². The molecule has 2 rings (SSSR count). The number of carbonyl (C=O) groups is 1. The second kappa shape index (κ2) is 5.74. The molecule has 4 heteroatoms. The van der Waals surface area contributed by atoms with Crippen molar-refractivity contribution in [3.63, 3.8) is 0 Å². The molecule has 0 spiro atoms. The molecule has 1 aromatic rings. The second-order valence-corrected chi connectivity index (χ2v) is 5.19. The van der Waals surface area contributed by atoms with Gasteiger partial charge in [0.25, 0.3) is 0 Å². The molecule has 1 aliphatic rings. The Morgan fingerprint density at radius 3 is 2.71 bits per heavy atom. The molecule has 0 radical (unpaired) electrons. The van der Waals surface area contributed by atoms with E-state index in [1.807, 2.05) is 17.0 Å². The van der Waals surface area contributed by atoms with Gasteiger partial charge in [0, 0.05) is 19.5 Å². The van der Waals surface area contributed by atoms with Crippen LogP contribution in [0, 0.1) is 0 Å². The van der Waals surface area contributed by atoms with E-state index in [1.54, 1.807) is 6.07 Å². The zero-order valence-corrected chi connectivity index (χ0v) is 11.1. The first-order chi connectivity index (χ1) is 8.16. The largest absolute Gasteiger partial charge is 0.338 e. The Balaban J connectivity index is 2.08. The summed E-state index contributed by atoms with van der Waals surface area (Å²) in [7, 11) is 0. The van der Waals surface area contributed by atoms with Crippen LogP contribution in [0.3, 0.4) is 0 Å². The first-order valence-corrected chi connectivity index (χ1v) is 6.64. The monoisotopic (exact) mass is 271 g/mol. The summed E-state index contributed by atoms with van der Waals surface area (Å²) in [4.78, 5) is 13.7. The molecule has 1 heterocycles. The van der Waals surface area contributed by atoms with Gasteiger partial charge in [0.15, 0.2) is 0 Å². The molecule has 0 N–H and O–H groups in total. The Hall–Kier alpha value is -0.730. The fraction of sp³-hybridized carbons (Fsp3) is 0.462. The minimum Gasteiger partial charge on any atom is -0.338 e. The SMILES string of the molecule is O=C1CCCCCN1Cc1ccc(Cl)c(Cl)c1. The Kier molecular flexibility index (Phi) is 4.30. The third-order valence-corrected chi connectivity index (χ3v) is 3.77. The minimum absolute atomic E-state index is 0.244. The van der Waals surface area contributed by atoms with Crippen molar-refractivity contribution in [3.8, 4) is 0 Å². The van der Waals surface area contributed by atoms with Gasteiger partial charge in [-0.1, -0.05) is 35.7 Å². The highest BCUT2D eigenvalue weighted by atomic mass is 35.5. The molecule has 1 amide bonds. The second-order valence-electron chi connectivity index (χ2n) is 4.37. The van der Waals surface area contributed by atoms with Gasteiger partial charge in [-0.3, -0.25) is 4.79 Å². The number of carbonyl (C=O) groups excluding carboxylic acids is 1. The molecule has 0 saturated carbocycles. The molecule has 92 valence electrons. The number of benzene rings is 1. The molecule has 0 unspecified atom stereocenters. The van der Waals surface area contributed by atoms with E-state index in [1.165, 1.54) is 0 Å². The minimum atomic E-state index is 0.244. The predicted molar refractivity (Wildman–Crippen MR) is 70.3 cm³/mol. The van der Waals surface area contributed by atoms with Crippen molar-refractivity contribution in [2.24, 2.45) is 0 Å². The normalized spacial score (nSPS) is 17.1. The lowest BCUT2D eigenvalue weighted by Crippen LogP contribution is -2.29. The molecule has 1 saturated heterocycles. The molecule has 0 aliphatic carbocycles. The number of likely N-dealkylation sites (tertiary alicyclic amines) is 1. The molecule has 17 heavy (non-hydrogen) atoms. The van der Waals surface area contributed by atoms with Crippen LogP contribution < -0.4 is 0 Å². The zero-order chi connectivity index (χ0) is 12.3. The smallest absolute Gasteiger partial charge is 0.222 e. The first kappa shape index (κ1) is 12.7. The van der Waals surface area contributed by atoms with E-state index in [2.05, 4.69) is 0 Å². The van der Waals surface area contributed by atoms with Crippen molar-refractivity contribution in [1.82, 2.24) is 4.90 Å².